The van der Waals surface area contributed by atoms with E-state index in [2.05, 4.69) is 5.32 Å². The molecular formula is C20H24N2O2. The molecule has 2 rings (SSSR count). The smallest absolute Gasteiger partial charge is 0.312 e. The highest BCUT2D eigenvalue weighted by Crippen LogP contribution is 2.11. The summed E-state index contributed by atoms with van der Waals surface area (Å²) < 4.78 is 0. The van der Waals surface area contributed by atoms with Gasteiger partial charge in [-0.3, -0.25) is 9.59 Å². The Bertz CT molecular complexity index is 634. The van der Waals surface area contributed by atoms with Crippen LogP contribution in [0.3, 0.4) is 0 Å². The fourth-order valence-electron chi connectivity index (χ4n) is 2.34. The van der Waals surface area contributed by atoms with Crippen molar-refractivity contribution in [1.82, 2.24) is 10.2 Å². The van der Waals surface area contributed by atoms with Gasteiger partial charge in [0.15, 0.2) is 0 Å². The molecule has 0 aliphatic heterocycles. The number of carbonyl (C=O) groups is 2. The molecular weight excluding hydrogens is 300 g/mol. The van der Waals surface area contributed by atoms with Gasteiger partial charge in [0.2, 0.25) is 0 Å². The number of amides is 2. The zero-order chi connectivity index (χ0) is 17.6. The molecule has 2 amide bonds. The summed E-state index contributed by atoms with van der Waals surface area (Å²) in [5.41, 5.74) is 1.54. The van der Waals surface area contributed by atoms with Gasteiger partial charge in [-0.1, -0.05) is 60.7 Å². The summed E-state index contributed by atoms with van der Waals surface area (Å²) >= 11 is 0. The highest BCUT2D eigenvalue weighted by Gasteiger charge is 2.25. The first-order valence-corrected chi connectivity index (χ1v) is 8.04. The minimum Gasteiger partial charge on any atom is -0.343 e. The van der Waals surface area contributed by atoms with E-state index in [1.807, 2.05) is 81.4 Å². The van der Waals surface area contributed by atoms with Crippen molar-refractivity contribution in [1.29, 1.82) is 0 Å². The molecule has 4 nitrogen and oxygen atoms in total. The van der Waals surface area contributed by atoms with Crippen LogP contribution in [-0.4, -0.2) is 22.3 Å². The van der Waals surface area contributed by atoms with Gasteiger partial charge in [0.1, 0.15) is 0 Å². The lowest BCUT2D eigenvalue weighted by Crippen LogP contribution is -2.49. The standard InChI is InChI=1S/C20H24N2O2/c1-20(2,3)21-18(23)19(24)22(14-16-10-6-4-7-11-16)15-17-12-8-5-9-13-17/h4-13H,14-15H2,1-3H3,(H,21,23). The molecule has 0 fully saturated rings. The second kappa shape index (κ2) is 7.77. The van der Waals surface area contributed by atoms with Gasteiger partial charge in [-0.25, -0.2) is 0 Å². The van der Waals surface area contributed by atoms with Crippen molar-refractivity contribution >= 4 is 11.8 Å². The van der Waals surface area contributed by atoms with Crippen LogP contribution in [0.5, 0.6) is 0 Å². The molecule has 0 spiro atoms. The Kier molecular flexibility index (Phi) is 5.74. The van der Waals surface area contributed by atoms with E-state index in [9.17, 15) is 9.59 Å². The molecule has 0 aliphatic rings. The van der Waals surface area contributed by atoms with Crippen LogP contribution in [0.1, 0.15) is 31.9 Å². The van der Waals surface area contributed by atoms with Crippen LogP contribution >= 0.6 is 0 Å². The molecule has 0 bridgehead atoms. The molecule has 0 aromatic heterocycles. The van der Waals surface area contributed by atoms with Gasteiger partial charge in [0.05, 0.1) is 0 Å². The van der Waals surface area contributed by atoms with Gasteiger partial charge in [0.25, 0.3) is 0 Å². The third-order valence-corrected chi connectivity index (χ3v) is 3.40. The Morgan fingerprint density at radius 2 is 1.25 bits per heavy atom. The Labute approximate surface area is 143 Å². The van der Waals surface area contributed by atoms with Crippen molar-refractivity contribution in [3.63, 3.8) is 0 Å². The van der Waals surface area contributed by atoms with Gasteiger partial charge in [-0.15, -0.1) is 0 Å². The lowest BCUT2D eigenvalue weighted by atomic mass is 10.1. The van der Waals surface area contributed by atoms with Gasteiger partial charge in [0, 0.05) is 18.6 Å². The number of nitrogens with zero attached hydrogens (tertiary/aromatic N) is 1. The number of hydrogen-bond donors (Lipinski definition) is 1. The summed E-state index contributed by atoms with van der Waals surface area (Å²) in [6, 6.07) is 19.4. The largest absolute Gasteiger partial charge is 0.343 e. The van der Waals surface area contributed by atoms with Crippen LogP contribution in [0.15, 0.2) is 60.7 Å². The van der Waals surface area contributed by atoms with E-state index in [1.54, 1.807) is 4.90 Å². The van der Waals surface area contributed by atoms with Crippen LogP contribution in [0, 0.1) is 0 Å². The number of hydrogen-bond acceptors (Lipinski definition) is 2. The molecule has 126 valence electrons. The zero-order valence-electron chi connectivity index (χ0n) is 14.5. The summed E-state index contributed by atoms with van der Waals surface area (Å²) in [4.78, 5) is 26.5. The Morgan fingerprint density at radius 3 is 1.62 bits per heavy atom. The Balaban J connectivity index is 2.18. The van der Waals surface area contributed by atoms with Crippen molar-refractivity contribution in [2.24, 2.45) is 0 Å². The predicted molar refractivity (Wildman–Crippen MR) is 95.0 cm³/mol. The zero-order valence-corrected chi connectivity index (χ0v) is 14.5. The van der Waals surface area contributed by atoms with E-state index in [4.69, 9.17) is 0 Å². The third-order valence-electron chi connectivity index (χ3n) is 3.40. The van der Waals surface area contributed by atoms with Gasteiger partial charge in [-0.2, -0.15) is 0 Å². The second-order valence-electron chi connectivity index (χ2n) is 6.84. The summed E-state index contributed by atoms with van der Waals surface area (Å²) in [6.07, 6.45) is 0. The topological polar surface area (TPSA) is 49.4 Å². The van der Waals surface area contributed by atoms with Crippen LogP contribution in [-0.2, 0) is 22.7 Å². The highest BCUT2D eigenvalue weighted by atomic mass is 16.2. The molecule has 4 heteroatoms. The maximum Gasteiger partial charge on any atom is 0.312 e. The minimum absolute atomic E-state index is 0.395. The lowest BCUT2D eigenvalue weighted by Gasteiger charge is -2.25. The fraction of sp³-hybridized carbons (Fsp3) is 0.300. The van der Waals surface area contributed by atoms with Crippen LogP contribution in [0.4, 0.5) is 0 Å². The molecule has 0 aliphatic carbocycles. The monoisotopic (exact) mass is 324 g/mol. The Hall–Kier alpha value is -2.62. The highest BCUT2D eigenvalue weighted by molar-refractivity contribution is 6.35. The average molecular weight is 324 g/mol. The molecule has 2 aromatic rings. The van der Waals surface area contributed by atoms with Gasteiger partial charge >= 0.3 is 11.8 Å². The van der Waals surface area contributed by atoms with E-state index in [1.165, 1.54) is 0 Å². The van der Waals surface area contributed by atoms with E-state index in [0.29, 0.717) is 13.1 Å². The lowest BCUT2D eigenvalue weighted by molar-refractivity contribution is -0.147. The summed E-state index contributed by atoms with van der Waals surface area (Å²) in [5.74, 6) is -1.09. The van der Waals surface area contributed by atoms with Crippen molar-refractivity contribution < 1.29 is 9.59 Å². The van der Waals surface area contributed by atoms with Crippen LogP contribution < -0.4 is 5.32 Å². The van der Waals surface area contributed by atoms with Crippen LogP contribution in [0.2, 0.25) is 0 Å². The molecule has 0 unspecified atom stereocenters. The molecule has 2 aromatic carbocycles. The van der Waals surface area contributed by atoms with E-state index in [-0.39, 0.29) is 0 Å². The van der Waals surface area contributed by atoms with E-state index in [0.717, 1.165) is 11.1 Å². The second-order valence-corrected chi connectivity index (χ2v) is 6.84. The van der Waals surface area contributed by atoms with Crippen molar-refractivity contribution in [2.75, 3.05) is 0 Å². The first kappa shape index (κ1) is 17.7. The van der Waals surface area contributed by atoms with Crippen molar-refractivity contribution in [3.05, 3.63) is 71.8 Å². The molecule has 0 saturated heterocycles. The fourth-order valence-corrected chi connectivity index (χ4v) is 2.34. The minimum atomic E-state index is -0.575. The number of nitrogens with one attached hydrogen (secondary N) is 1. The van der Waals surface area contributed by atoms with E-state index < -0.39 is 17.4 Å². The third kappa shape index (κ3) is 5.54. The van der Waals surface area contributed by atoms with Crippen molar-refractivity contribution in [2.45, 2.75) is 39.4 Å². The predicted octanol–water partition coefficient (Wildman–Crippen LogP) is 3.13. The molecule has 0 atom stereocenters. The number of benzene rings is 2. The van der Waals surface area contributed by atoms with Gasteiger partial charge < -0.3 is 10.2 Å². The normalized spacial score (nSPS) is 11.0. The Morgan fingerprint density at radius 1 is 0.833 bits per heavy atom. The quantitative estimate of drug-likeness (QED) is 0.879. The first-order chi connectivity index (χ1) is 11.3. The molecule has 0 heterocycles. The molecule has 0 saturated carbocycles. The molecule has 24 heavy (non-hydrogen) atoms. The summed E-state index contributed by atoms with van der Waals surface area (Å²) in [6.45, 7) is 6.36. The summed E-state index contributed by atoms with van der Waals surface area (Å²) in [7, 11) is 0. The molecule has 0 radical (unpaired) electrons. The van der Waals surface area contributed by atoms with Crippen molar-refractivity contribution in [3.8, 4) is 0 Å². The number of rotatable bonds is 4. The maximum absolute atomic E-state index is 12.6. The molecule has 1 N–H and O–H groups in total. The maximum atomic E-state index is 12.6. The number of carbonyl (C=O) groups excluding carboxylic acids is 2. The average Bonchev–Trinajstić information content (AvgIpc) is 2.54. The van der Waals surface area contributed by atoms with Gasteiger partial charge in [-0.05, 0) is 31.9 Å². The summed E-state index contributed by atoms with van der Waals surface area (Å²) in [5, 5.41) is 2.74. The van der Waals surface area contributed by atoms with E-state index >= 15 is 0 Å². The van der Waals surface area contributed by atoms with Crippen LogP contribution in [0.25, 0.3) is 0 Å². The first-order valence-electron chi connectivity index (χ1n) is 8.04. The SMILES string of the molecule is CC(C)(C)NC(=O)C(=O)N(Cc1ccccc1)Cc1ccccc1.